The molecule has 21 heavy (non-hydrogen) atoms. The Labute approximate surface area is 125 Å². The quantitative estimate of drug-likeness (QED) is 0.837. The third-order valence-corrected chi connectivity index (χ3v) is 3.59. The Bertz CT molecular complexity index is 487. The van der Waals surface area contributed by atoms with E-state index in [0.29, 0.717) is 18.2 Å². The van der Waals surface area contributed by atoms with Gasteiger partial charge < -0.3 is 15.4 Å². The maximum Gasteiger partial charge on any atom is 0.270 e. The molecule has 1 amide bonds. The molecule has 0 bridgehead atoms. The van der Waals surface area contributed by atoms with E-state index in [1.165, 1.54) is 0 Å². The number of carbonyl (C=O) groups excluding carboxylic acids is 1. The number of hydrogen-bond donors (Lipinski definition) is 2. The summed E-state index contributed by atoms with van der Waals surface area (Å²) in [5, 5.41) is 6.08. The molecule has 116 valence electrons. The predicted octanol–water partition coefficient (Wildman–Crippen LogP) is 1.90. The van der Waals surface area contributed by atoms with Crippen molar-refractivity contribution >= 4 is 11.9 Å². The normalized spacial score (nSPS) is 19.3. The highest BCUT2D eigenvalue weighted by Gasteiger charge is 2.18. The molecule has 1 aliphatic rings. The van der Waals surface area contributed by atoms with Crippen LogP contribution in [0.2, 0.25) is 0 Å². The minimum Gasteiger partial charge on any atom is -0.376 e. The van der Waals surface area contributed by atoms with Crippen LogP contribution in [0, 0.1) is 6.92 Å². The lowest BCUT2D eigenvalue weighted by atomic mass is 10.2. The molecule has 1 aliphatic heterocycles. The monoisotopic (exact) mass is 292 g/mol. The van der Waals surface area contributed by atoms with Crippen LogP contribution in [0.3, 0.4) is 0 Å². The average Bonchev–Trinajstić information content (AvgIpc) is 2.97. The topological polar surface area (TPSA) is 76.1 Å². The van der Waals surface area contributed by atoms with E-state index < -0.39 is 0 Å². The van der Waals surface area contributed by atoms with E-state index in [1.54, 1.807) is 6.07 Å². The zero-order valence-electron chi connectivity index (χ0n) is 13.0. The number of ether oxygens (including phenoxy) is 1. The lowest BCUT2D eigenvalue weighted by molar-refractivity contribution is 0.0853. The van der Waals surface area contributed by atoms with E-state index in [2.05, 4.69) is 34.4 Å². The molecular formula is C15H24N4O2. The van der Waals surface area contributed by atoms with Gasteiger partial charge in [0.1, 0.15) is 5.69 Å². The second kappa shape index (κ2) is 7.36. The third kappa shape index (κ3) is 4.67. The van der Waals surface area contributed by atoms with Crippen LogP contribution in [0.4, 0.5) is 5.95 Å². The van der Waals surface area contributed by atoms with Gasteiger partial charge in [0.05, 0.1) is 6.10 Å². The molecule has 0 spiro atoms. The van der Waals surface area contributed by atoms with Gasteiger partial charge in [-0.05, 0) is 39.2 Å². The summed E-state index contributed by atoms with van der Waals surface area (Å²) in [4.78, 5) is 20.8. The Balaban J connectivity index is 1.98. The van der Waals surface area contributed by atoms with E-state index in [-0.39, 0.29) is 18.1 Å². The summed E-state index contributed by atoms with van der Waals surface area (Å²) in [7, 11) is 0. The van der Waals surface area contributed by atoms with Crippen LogP contribution in [-0.2, 0) is 4.74 Å². The summed E-state index contributed by atoms with van der Waals surface area (Å²) in [6, 6.07) is 1.97. The summed E-state index contributed by atoms with van der Waals surface area (Å²) in [6.07, 6.45) is 3.17. The Morgan fingerprint density at radius 1 is 1.52 bits per heavy atom. The van der Waals surface area contributed by atoms with Gasteiger partial charge in [-0.15, -0.1) is 0 Å². The smallest absolute Gasteiger partial charge is 0.270 e. The van der Waals surface area contributed by atoms with Crippen molar-refractivity contribution in [1.82, 2.24) is 15.3 Å². The summed E-state index contributed by atoms with van der Waals surface area (Å²) in [5.74, 6) is 0.329. The number of nitrogens with zero attached hydrogens (tertiary/aromatic N) is 2. The number of aryl methyl sites for hydroxylation is 1. The standard InChI is InChI=1S/C15H24N4O2/c1-4-10(2)17-15-18-11(3)8-13(19-15)14(20)16-9-12-6-5-7-21-12/h8,10,12H,4-7,9H2,1-3H3,(H,16,20)(H,17,18,19). The average molecular weight is 292 g/mol. The largest absolute Gasteiger partial charge is 0.376 e. The predicted molar refractivity (Wildman–Crippen MR) is 81.5 cm³/mol. The highest BCUT2D eigenvalue weighted by atomic mass is 16.5. The van der Waals surface area contributed by atoms with Crippen LogP contribution in [0.15, 0.2) is 6.07 Å². The number of carbonyl (C=O) groups is 1. The summed E-state index contributed by atoms with van der Waals surface area (Å²) >= 11 is 0. The Morgan fingerprint density at radius 3 is 3.00 bits per heavy atom. The summed E-state index contributed by atoms with van der Waals surface area (Å²) in [5.41, 5.74) is 1.17. The SMILES string of the molecule is CCC(C)Nc1nc(C)cc(C(=O)NCC2CCCO2)n1. The highest BCUT2D eigenvalue weighted by Crippen LogP contribution is 2.11. The first-order chi connectivity index (χ1) is 10.1. The Hall–Kier alpha value is -1.69. The van der Waals surface area contributed by atoms with Crippen LogP contribution in [0.5, 0.6) is 0 Å². The van der Waals surface area contributed by atoms with Crippen molar-refractivity contribution in [2.24, 2.45) is 0 Å². The fraction of sp³-hybridized carbons (Fsp3) is 0.667. The van der Waals surface area contributed by atoms with Crippen molar-refractivity contribution in [2.75, 3.05) is 18.5 Å². The van der Waals surface area contributed by atoms with Crippen LogP contribution < -0.4 is 10.6 Å². The Kier molecular flexibility index (Phi) is 5.50. The first-order valence-corrected chi connectivity index (χ1v) is 7.60. The molecule has 0 radical (unpaired) electrons. The molecule has 2 N–H and O–H groups in total. The second-order valence-electron chi connectivity index (χ2n) is 5.52. The summed E-state index contributed by atoms with van der Waals surface area (Å²) < 4.78 is 5.49. The van der Waals surface area contributed by atoms with Crippen LogP contribution in [-0.4, -0.2) is 41.2 Å². The van der Waals surface area contributed by atoms with Gasteiger partial charge in [0.15, 0.2) is 0 Å². The minimum atomic E-state index is -0.178. The van der Waals surface area contributed by atoms with E-state index >= 15 is 0 Å². The van der Waals surface area contributed by atoms with Crippen molar-refractivity contribution in [3.8, 4) is 0 Å². The summed E-state index contributed by atoms with van der Waals surface area (Å²) in [6.45, 7) is 7.33. The van der Waals surface area contributed by atoms with Crippen molar-refractivity contribution < 1.29 is 9.53 Å². The molecule has 0 aliphatic carbocycles. The molecule has 2 heterocycles. The number of amides is 1. The number of nitrogens with one attached hydrogen (secondary N) is 2. The van der Waals surface area contributed by atoms with Crippen LogP contribution in [0.25, 0.3) is 0 Å². The molecule has 0 saturated carbocycles. The van der Waals surface area contributed by atoms with Gasteiger partial charge in [0.2, 0.25) is 5.95 Å². The lowest BCUT2D eigenvalue weighted by Gasteiger charge is -2.13. The van der Waals surface area contributed by atoms with Crippen molar-refractivity contribution in [3.63, 3.8) is 0 Å². The van der Waals surface area contributed by atoms with Gasteiger partial charge >= 0.3 is 0 Å². The van der Waals surface area contributed by atoms with Crippen molar-refractivity contribution in [3.05, 3.63) is 17.5 Å². The number of rotatable bonds is 6. The number of anilines is 1. The second-order valence-corrected chi connectivity index (χ2v) is 5.52. The molecule has 1 fully saturated rings. The van der Waals surface area contributed by atoms with Crippen LogP contribution >= 0.6 is 0 Å². The first kappa shape index (κ1) is 15.7. The molecule has 1 saturated heterocycles. The van der Waals surface area contributed by atoms with Gasteiger partial charge in [-0.3, -0.25) is 4.79 Å². The molecule has 1 aromatic heterocycles. The zero-order valence-corrected chi connectivity index (χ0v) is 13.0. The molecule has 6 nitrogen and oxygen atoms in total. The third-order valence-electron chi connectivity index (χ3n) is 3.59. The van der Waals surface area contributed by atoms with Gasteiger partial charge in [-0.2, -0.15) is 0 Å². The maximum absolute atomic E-state index is 12.2. The van der Waals surface area contributed by atoms with Gasteiger partial charge in [-0.25, -0.2) is 9.97 Å². The van der Waals surface area contributed by atoms with Crippen molar-refractivity contribution in [2.45, 2.75) is 52.2 Å². The van der Waals surface area contributed by atoms with Gasteiger partial charge in [-0.1, -0.05) is 6.92 Å². The molecule has 2 unspecified atom stereocenters. The number of aromatic nitrogens is 2. The van der Waals surface area contributed by atoms with E-state index in [1.807, 2.05) is 6.92 Å². The molecule has 2 atom stereocenters. The zero-order chi connectivity index (χ0) is 15.2. The van der Waals surface area contributed by atoms with E-state index in [0.717, 1.165) is 31.6 Å². The molecular weight excluding hydrogens is 268 g/mol. The molecule has 1 aromatic rings. The fourth-order valence-corrected chi connectivity index (χ4v) is 2.17. The van der Waals surface area contributed by atoms with E-state index in [9.17, 15) is 4.79 Å². The minimum absolute atomic E-state index is 0.134. The van der Waals surface area contributed by atoms with Crippen molar-refractivity contribution in [1.29, 1.82) is 0 Å². The molecule has 2 rings (SSSR count). The molecule has 6 heteroatoms. The van der Waals surface area contributed by atoms with E-state index in [4.69, 9.17) is 4.74 Å². The van der Waals surface area contributed by atoms with Gasteiger partial charge in [0, 0.05) is 24.9 Å². The number of hydrogen-bond acceptors (Lipinski definition) is 5. The highest BCUT2D eigenvalue weighted by molar-refractivity contribution is 5.92. The first-order valence-electron chi connectivity index (χ1n) is 7.60. The Morgan fingerprint density at radius 2 is 2.33 bits per heavy atom. The van der Waals surface area contributed by atoms with Crippen LogP contribution in [0.1, 0.15) is 49.3 Å². The molecule has 0 aromatic carbocycles. The lowest BCUT2D eigenvalue weighted by Crippen LogP contribution is -2.32. The maximum atomic E-state index is 12.2. The van der Waals surface area contributed by atoms with Gasteiger partial charge in [0.25, 0.3) is 5.91 Å². The fourth-order valence-electron chi connectivity index (χ4n) is 2.17.